The van der Waals surface area contributed by atoms with Crippen LogP contribution >= 0.6 is 35.0 Å². The van der Waals surface area contributed by atoms with Crippen LogP contribution < -0.4 is 0 Å². The molecule has 2 amide bonds. The second kappa shape index (κ2) is 8.21. The maximum absolute atomic E-state index is 13.2. The molecule has 2 aliphatic heterocycles. The maximum Gasteiger partial charge on any atom is 0.255 e. The van der Waals surface area contributed by atoms with Gasteiger partial charge in [0.25, 0.3) is 11.8 Å². The Morgan fingerprint density at radius 2 is 1.76 bits per heavy atom. The fraction of sp³-hybridized carbons (Fsp3) is 0.364. The molecule has 0 N–H and O–H groups in total. The molecule has 2 saturated heterocycles. The minimum Gasteiger partial charge on any atom is -0.338 e. The number of piperidine rings is 1. The van der Waals surface area contributed by atoms with Gasteiger partial charge in [-0.3, -0.25) is 9.59 Å². The van der Waals surface area contributed by atoms with Gasteiger partial charge in [-0.2, -0.15) is 0 Å². The highest BCUT2D eigenvalue weighted by atomic mass is 35.5. The molecule has 29 heavy (non-hydrogen) atoms. The number of aryl methyl sites for hydroxylation is 1. The van der Waals surface area contributed by atoms with Crippen LogP contribution in [-0.4, -0.2) is 51.9 Å². The van der Waals surface area contributed by atoms with Crippen LogP contribution in [0.4, 0.5) is 0 Å². The number of benzene rings is 2. The second-order valence-electron chi connectivity index (χ2n) is 7.54. The lowest BCUT2D eigenvalue weighted by Gasteiger charge is -2.44. The molecule has 0 radical (unpaired) electrons. The van der Waals surface area contributed by atoms with Crippen molar-refractivity contribution in [1.82, 2.24) is 9.80 Å². The molecule has 2 aliphatic rings. The Kier molecular flexibility index (Phi) is 5.83. The zero-order valence-electron chi connectivity index (χ0n) is 16.2. The van der Waals surface area contributed by atoms with Crippen LogP contribution in [0.15, 0.2) is 42.5 Å². The van der Waals surface area contributed by atoms with E-state index in [0.29, 0.717) is 28.7 Å². The second-order valence-corrected chi connectivity index (χ2v) is 9.84. The number of hydrogen-bond donors (Lipinski definition) is 0. The molecule has 2 aromatic rings. The first-order chi connectivity index (χ1) is 13.9. The van der Waals surface area contributed by atoms with E-state index < -0.39 is 0 Å². The van der Waals surface area contributed by atoms with Crippen molar-refractivity contribution in [2.75, 3.05) is 25.4 Å². The minimum atomic E-state index is -0.235. The Hall–Kier alpha value is -1.69. The van der Waals surface area contributed by atoms with Gasteiger partial charge in [0.2, 0.25) is 0 Å². The summed E-state index contributed by atoms with van der Waals surface area (Å²) in [4.78, 5) is 29.7. The highest BCUT2D eigenvalue weighted by Gasteiger charge is 2.47. The number of nitrogens with zero attached hydrogens (tertiary/aromatic N) is 2. The molecule has 4 nitrogen and oxygen atoms in total. The molecular weight excluding hydrogens is 427 g/mol. The molecule has 0 saturated carbocycles. The summed E-state index contributed by atoms with van der Waals surface area (Å²) in [7, 11) is 0. The predicted octanol–water partition coefficient (Wildman–Crippen LogP) is 5.12. The summed E-state index contributed by atoms with van der Waals surface area (Å²) in [6, 6.07) is 12.7. The monoisotopic (exact) mass is 448 g/mol. The number of hydrogen-bond acceptors (Lipinski definition) is 3. The average molecular weight is 449 g/mol. The van der Waals surface area contributed by atoms with Crippen LogP contribution in [0.1, 0.15) is 39.1 Å². The number of amides is 2. The summed E-state index contributed by atoms with van der Waals surface area (Å²) in [5, 5.41) is 0.881. The van der Waals surface area contributed by atoms with Crippen LogP contribution in [0.25, 0.3) is 0 Å². The van der Waals surface area contributed by atoms with Crippen molar-refractivity contribution in [3.05, 3.63) is 69.2 Å². The van der Waals surface area contributed by atoms with Crippen molar-refractivity contribution < 1.29 is 9.59 Å². The largest absolute Gasteiger partial charge is 0.338 e. The first kappa shape index (κ1) is 20.6. The van der Waals surface area contributed by atoms with Gasteiger partial charge in [-0.25, -0.2) is 0 Å². The van der Waals surface area contributed by atoms with Crippen molar-refractivity contribution in [2.45, 2.75) is 24.6 Å². The van der Waals surface area contributed by atoms with Gasteiger partial charge in [0.05, 0.1) is 15.5 Å². The van der Waals surface area contributed by atoms with E-state index in [2.05, 4.69) is 0 Å². The highest BCUT2D eigenvalue weighted by molar-refractivity contribution is 8.00. The third-order valence-corrected chi connectivity index (χ3v) is 7.78. The number of likely N-dealkylation sites (tertiary alicyclic amines) is 1. The first-order valence-electron chi connectivity index (χ1n) is 9.67. The lowest BCUT2D eigenvalue weighted by atomic mass is 9.99. The van der Waals surface area contributed by atoms with E-state index in [1.165, 1.54) is 0 Å². The Balaban J connectivity index is 1.48. The van der Waals surface area contributed by atoms with E-state index in [4.69, 9.17) is 23.2 Å². The number of thioether (sulfide) groups is 1. The van der Waals surface area contributed by atoms with Crippen molar-refractivity contribution in [1.29, 1.82) is 0 Å². The van der Waals surface area contributed by atoms with Crippen LogP contribution in [0.3, 0.4) is 0 Å². The van der Waals surface area contributed by atoms with E-state index in [-0.39, 0.29) is 16.7 Å². The average Bonchev–Trinajstić information content (AvgIpc) is 3.10. The van der Waals surface area contributed by atoms with Gasteiger partial charge in [0, 0.05) is 36.0 Å². The molecule has 152 valence electrons. The zero-order chi connectivity index (χ0) is 20.6. The highest BCUT2D eigenvalue weighted by Crippen LogP contribution is 2.44. The molecule has 0 aromatic heterocycles. The van der Waals surface area contributed by atoms with Gasteiger partial charge in [-0.1, -0.05) is 40.9 Å². The summed E-state index contributed by atoms with van der Waals surface area (Å²) < 4.78 is 0. The van der Waals surface area contributed by atoms with Gasteiger partial charge >= 0.3 is 0 Å². The molecule has 0 unspecified atom stereocenters. The van der Waals surface area contributed by atoms with Gasteiger partial charge in [-0.05, 0) is 50.1 Å². The van der Waals surface area contributed by atoms with Crippen molar-refractivity contribution in [3.63, 3.8) is 0 Å². The van der Waals surface area contributed by atoms with Gasteiger partial charge in [0.15, 0.2) is 0 Å². The van der Waals surface area contributed by atoms with Gasteiger partial charge in [-0.15, -0.1) is 11.8 Å². The molecular formula is C22H22Cl2N2O2S. The summed E-state index contributed by atoms with van der Waals surface area (Å²) in [5.41, 5.74) is 2.29. The smallest absolute Gasteiger partial charge is 0.255 e. The van der Waals surface area contributed by atoms with Crippen molar-refractivity contribution in [3.8, 4) is 0 Å². The van der Waals surface area contributed by atoms with E-state index in [1.807, 2.05) is 52.8 Å². The minimum absolute atomic E-state index is 0.0823. The van der Waals surface area contributed by atoms with Crippen LogP contribution in [0.2, 0.25) is 10.0 Å². The zero-order valence-corrected chi connectivity index (χ0v) is 18.5. The van der Waals surface area contributed by atoms with Crippen LogP contribution in [-0.2, 0) is 0 Å². The fourth-order valence-electron chi connectivity index (χ4n) is 4.14. The topological polar surface area (TPSA) is 40.6 Å². The quantitative estimate of drug-likeness (QED) is 0.639. The van der Waals surface area contributed by atoms with E-state index >= 15 is 0 Å². The predicted molar refractivity (Wildman–Crippen MR) is 119 cm³/mol. The summed E-state index contributed by atoms with van der Waals surface area (Å²) in [6.07, 6.45) is 1.51. The molecule has 0 bridgehead atoms. The lowest BCUT2D eigenvalue weighted by Crippen LogP contribution is -2.53. The molecule has 2 aromatic carbocycles. The number of rotatable bonds is 2. The lowest BCUT2D eigenvalue weighted by molar-refractivity contribution is 0.0498. The first-order valence-corrected chi connectivity index (χ1v) is 11.4. The molecule has 7 heteroatoms. The Morgan fingerprint density at radius 3 is 2.45 bits per heavy atom. The standard InChI is InChI=1S/C22H22Cl2N2O2S/c1-15-3-2-4-16(13-15)20(27)26-11-12-29-22(26)7-9-25(10-8-22)21(28)18-6-5-17(23)14-19(18)24/h2-6,13-14H,7-12H2,1H3. The van der Waals surface area contributed by atoms with Crippen LogP contribution in [0, 0.1) is 6.92 Å². The van der Waals surface area contributed by atoms with Crippen molar-refractivity contribution in [2.24, 2.45) is 0 Å². The fourth-order valence-corrected chi connectivity index (χ4v) is 6.08. The maximum atomic E-state index is 13.2. The number of carbonyl (C=O) groups excluding carboxylic acids is 2. The number of carbonyl (C=O) groups is 2. The molecule has 0 atom stereocenters. The third-order valence-electron chi connectivity index (χ3n) is 5.68. The SMILES string of the molecule is Cc1cccc(C(=O)N2CCSC23CCN(C(=O)c2ccc(Cl)cc2Cl)CC3)c1. The van der Waals surface area contributed by atoms with E-state index in [1.54, 1.807) is 18.2 Å². The summed E-state index contributed by atoms with van der Waals surface area (Å²) in [5.74, 6) is 0.925. The number of halogens is 2. The van der Waals surface area contributed by atoms with Crippen molar-refractivity contribution >= 4 is 46.8 Å². The Morgan fingerprint density at radius 1 is 1.00 bits per heavy atom. The van der Waals surface area contributed by atoms with Crippen LogP contribution in [0.5, 0.6) is 0 Å². The van der Waals surface area contributed by atoms with E-state index in [9.17, 15) is 9.59 Å². The molecule has 2 fully saturated rings. The van der Waals surface area contributed by atoms with E-state index in [0.717, 1.165) is 36.3 Å². The van der Waals surface area contributed by atoms with Gasteiger partial charge < -0.3 is 9.80 Å². The summed E-state index contributed by atoms with van der Waals surface area (Å²) >= 11 is 14.0. The Labute approximate surface area is 185 Å². The van der Waals surface area contributed by atoms with Gasteiger partial charge in [0.1, 0.15) is 0 Å². The molecule has 2 heterocycles. The normalized spacial score (nSPS) is 18.3. The third kappa shape index (κ3) is 4.00. The molecule has 4 rings (SSSR count). The Bertz CT molecular complexity index is 958. The molecule has 0 aliphatic carbocycles. The summed E-state index contributed by atoms with van der Waals surface area (Å²) in [6.45, 7) is 3.94. The molecule has 1 spiro atoms.